The number of hydrogen-bond acceptors (Lipinski definition) is 5. The monoisotopic (exact) mass is 402 g/mol. The highest BCUT2D eigenvalue weighted by Crippen LogP contribution is 2.24. The molecule has 1 aromatic heterocycles. The lowest BCUT2D eigenvalue weighted by molar-refractivity contribution is 0.0745. The first-order valence-corrected chi connectivity index (χ1v) is 9.58. The number of nitrogens with zero attached hydrogens (tertiary/aromatic N) is 4. The second-order valence-electron chi connectivity index (χ2n) is 6.85. The molecule has 7 heteroatoms. The Kier molecular flexibility index (Phi) is 5.57. The quantitative estimate of drug-likeness (QED) is 0.663. The standard InChI is InChI=1S/C23H19FN4O2/c24-19-9-7-18(8-10-19)22(29)27-12-14-28(15-13-27)23-20(16-25)26-21(30-23)11-6-17-4-2-1-3-5-17/h1-11H,12-15H2/b11-6+. The second-order valence-corrected chi connectivity index (χ2v) is 6.85. The van der Waals surface area contributed by atoms with E-state index in [1.165, 1.54) is 24.3 Å². The number of benzene rings is 2. The van der Waals surface area contributed by atoms with E-state index in [0.29, 0.717) is 43.5 Å². The summed E-state index contributed by atoms with van der Waals surface area (Å²) in [6.45, 7) is 1.96. The van der Waals surface area contributed by atoms with Gasteiger partial charge in [0.2, 0.25) is 17.5 Å². The zero-order chi connectivity index (χ0) is 20.9. The summed E-state index contributed by atoms with van der Waals surface area (Å²) in [5.41, 5.74) is 1.68. The number of anilines is 1. The third-order valence-electron chi connectivity index (χ3n) is 4.89. The van der Waals surface area contributed by atoms with Crippen LogP contribution in [0.1, 0.15) is 27.5 Å². The lowest BCUT2D eigenvalue weighted by atomic mass is 10.2. The van der Waals surface area contributed by atoms with Crippen LogP contribution in [0.25, 0.3) is 12.2 Å². The molecule has 1 fully saturated rings. The number of amides is 1. The van der Waals surface area contributed by atoms with Crippen molar-refractivity contribution in [2.24, 2.45) is 0 Å². The van der Waals surface area contributed by atoms with Gasteiger partial charge in [0.1, 0.15) is 11.9 Å². The molecule has 0 N–H and O–H groups in total. The first-order valence-electron chi connectivity index (χ1n) is 9.58. The highest BCUT2D eigenvalue weighted by atomic mass is 19.1. The summed E-state index contributed by atoms with van der Waals surface area (Å²) < 4.78 is 18.9. The molecule has 0 aliphatic carbocycles. The molecule has 4 rings (SSSR count). The number of carbonyl (C=O) groups is 1. The Labute approximate surface area is 173 Å². The van der Waals surface area contributed by atoms with Crippen molar-refractivity contribution in [1.29, 1.82) is 5.26 Å². The van der Waals surface area contributed by atoms with Crippen molar-refractivity contribution in [3.05, 3.63) is 83.1 Å². The Morgan fingerprint density at radius 1 is 1.03 bits per heavy atom. The van der Waals surface area contributed by atoms with E-state index in [0.717, 1.165) is 5.56 Å². The highest BCUT2D eigenvalue weighted by molar-refractivity contribution is 5.94. The van der Waals surface area contributed by atoms with E-state index in [4.69, 9.17) is 4.42 Å². The molecule has 1 aliphatic heterocycles. The van der Waals surface area contributed by atoms with Crippen LogP contribution in [0.5, 0.6) is 0 Å². The number of aromatic nitrogens is 1. The molecule has 2 heterocycles. The van der Waals surface area contributed by atoms with Gasteiger partial charge in [0, 0.05) is 37.8 Å². The maximum absolute atomic E-state index is 13.1. The van der Waals surface area contributed by atoms with Crippen LogP contribution in [-0.2, 0) is 0 Å². The third-order valence-corrected chi connectivity index (χ3v) is 4.89. The fourth-order valence-corrected chi connectivity index (χ4v) is 3.31. The van der Waals surface area contributed by atoms with Crippen LogP contribution in [0.3, 0.4) is 0 Å². The molecule has 1 amide bonds. The van der Waals surface area contributed by atoms with Gasteiger partial charge in [-0.3, -0.25) is 4.79 Å². The predicted molar refractivity (Wildman–Crippen MR) is 111 cm³/mol. The van der Waals surface area contributed by atoms with Gasteiger partial charge in [-0.2, -0.15) is 10.2 Å². The molecule has 3 aromatic rings. The third kappa shape index (κ3) is 4.23. The zero-order valence-electron chi connectivity index (χ0n) is 16.2. The number of oxazole rings is 1. The van der Waals surface area contributed by atoms with Gasteiger partial charge < -0.3 is 14.2 Å². The summed E-state index contributed by atoms with van der Waals surface area (Å²) in [6, 6.07) is 17.3. The summed E-state index contributed by atoms with van der Waals surface area (Å²) in [5, 5.41) is 9.44. The van der Waals surface area contributed by atoms with Crippen LogP contribution >= 0.6 is 0 Å². The van der Waals surface area contributed by atoms with Gasteiger partial charge in [0.15, 0.2) is 0 Å². The summed E-state index contributed by atoms with van der Waals surface area (Å²) in [5.74, 6) is 0.261. The van der Waals surface area contributed by atoms with Crippen LogP contribution in [-0.4, -0.2) is 42.0 Å². The normalized spacial score (nSPS) is 14.1. The van der Waals surface area contributed by atoms with Crippen LogP contribution in [0.15, 0.2) is 59.0 Å². The zero-order valence-corrected chi connectivity index (χ0v) is 16.2. The summed E-state index contributed by atoms with van der Waals surface area (Å²) >= 11 is 0. The van der Waals surface area contributed by atoms with Crippen molar-refractivity contribution < 1.29 is 13.6 Å². The fraction of sp³-hybridized carbons (Fsp3) is 0.174. The number of piperazine rings is 1. The Morgan fingerprint density at radius 2 is 1.73 bits per heavy atom. The van der Waals surface area contributed by atoms with E-state index in [9.17, 15) is 14.4 Å². The highest BCUT2D eigenvalue weighted by Gasteiger charge is 2.26. The van der Waals surface area contributed by atoms with E-state index in [1.54, 1.807) is 11.0 Å². The molecule has 1 aliphatic rings. The van der Waals surface area contributed by atoms with Gasteiger partial charge in [0.25, 0.3) is 5.91 Å². The van der Waals surface area contributed by atoms with Crippen molar-refractivity contribution >= 4 is 23.9 Å². The lowest BCUT2D eigenvalue weighted by Gasteiger charge is -2.34. The fourth-order valence-electron chi connectivity index (χ4n) is 3.31. The molecule has 0 unspecified atom stereocenters. The van der Waals surface area contributed by atoms with E-state index in [2.05, 4.69) is 11.1 Å². The summed E-state index contributed by atoms with van der Waals surface area (Å²) in [4.78, 5) is 20.5. The second kappa shape index (κ2) is 8.62. The van der Waals surface area contributed by atoms with Gasteiger partial charge in [-0.1, -0.05) is 30.3 Å². The average Bonchev–Trinajstić information content (AvgIpc) is 3.22. The van der Waals surface area contributed by atoms with Gasteiger partial charge in [0.05, 0.1) is 0 Å². The van der Waals surface area contributed by atoms with Crippen LogP contribution in [0, 0.1) is 17.1 Å². The largest absolute Gasteiger partial charge is 0.420 e. The van der Waals surface area contributed by atoms with Gasteiger partial charge in [-0.15, -0.1) is 0 Å². The van der Waals surface area contributed by atoms with Crippen molar-refractivity contribution in [3.8, 4) is 6.07 Å². The maximum Gasteiger partial charge on any atom is 0.253 e. The smallest absolute Gasteiger partial charge is 0.253 e. The number of carbonyl (C=O) groups excluding carboxylic acids is 1. The summed E-state index contributed by atoms with van der Waals surface area (Å²) in [7, 11) is 0. The molecule has 0 spiro atoms. The lowest BCUT2D eigenvalue weighted by Crippen LogP contribution is -2.48. The van der Waals surface area contributed by atoms with Gasteiger partial charge >= 0.3 is 0 Å². The minimum absolute atomic E-state index is 0.140. The van der Waals surface area contributed by atoms with Crippen LogP contribution in [0.2, 0.25) is 0 Å². The Morgan fingerprint density at radius 3 is 2.40 bits per heavy atom. The van der Waals surface area contributed by atoms with E-state index in [-0.39, 0.29) is 17.4 Å². The maximum atomic E-state index is 13.1. The molecule has 30 heavy (non-hydrogen) atoms. The molecule has 0 bridgehead atoms. The minimum Gasteiger partial charge on any atom is -0.420 e. The van der Waals surface area contributed by atoms with Crippen LogP contribution < -0.4 is 4.90 Å². The molecule has 1 saturated heterocycles. The Balaban J connectivity index is 1.43. The number of halogens is 1. The molecule has 150 valence electrons. The molecular weight excluding hydrogens is 383 g/mol. The SMILES string of the molecule is N#Cc1nc(/C=C/c2ccccc2)oc1N1CCN(C(=O)c2ccc(F)cc2)CC1. The Hall–Kier alpha value is -3.92. The predicted octanol–water partition coefficient (Wildman–Crippen LogP) is 3.82. The topological polar surface area (TPSA) is 73.4 Å². The number of nitriles is 1. The van der Waals surface area contributed by atoms with Gasteiger partial charge in [-0.05, 0) is 35.9 Å². The van der Waals surface area contributed by atoms with E-state index < -0.39 is 0 Å². The molecular formula is C23H19FN4O2. The molecule has 0 atom stereocenters. The number of hydrogen-bond donors (Lipinski definition) is 0. The molecule has 0 radical (unpaired) electrons. The average molecular weight is 402 g/mol. The van der Waals surface area contributed by atoms with Crippen molar-refractivity contribution in [2.75, 3.05) is 31.1 Å². The first kappa shape index (κ1) is 19.4. The molecule has 6 nitrogen and oxygen atoms in total. The number of rotatable bonds is 4. The van der Waals surface area contributed by atoms with Crippen molar-refractivity contribution in [1.82, 2.24) is 9.88 Å². The first-order chi connectivity index (χ1) is 14.6. The minimum atomic E-state index is -0.372. The van der Waals surface area contributed by atoms with Crippen molar-refractivity contribution in [2.45, 2.75) is 0 Å². The van der Waals surface area contributed by atoms with Crippen LogP contribution in [0.4, 0.5) is 10.3 Å². The molecule has 2 aromatic carbocycles. The summed E-state index contributed by atoms with van der Waals surface area (Å²) in [6.07, 6.45) is 3.60. The van der Waals surface area contributed by atoms with E-state index >= 15 is 0 Å². The van der Waals surface area contributed by atoms with E-state index in [1.807, 2.05) is 41.3 Å². The molecule has 0 saturated carbocycles. The van der Waals surface area contributed by atoms with Crippen molar-refractivity contribution in [3.63, 3.8) is 0 Å². The van der Waals surface area contributed by atoms with Gasteiger partial charge in [-0.25, -0.2) is 4.39 Å². The Bertz CT molecular complexity index is 1090.